The first-order chi connectivity index (χ1) is 10.1. The Labute approximate surface area is 143 Å². The molecule has 22 heavy (non-hydrogen) atoms. The van der Waals surface area contributed by atoms with Crippen molar-refractivity contribution in [2.24, 2.45) is 5.92 Å². The lowest BCUT2D eigenvalue weighted by molar-refractivity contribution is -0.385. The number of carbonyl (C=O) groups is 1. The molecule has 122 valence electrons. The third-order valence-electron chi connectivity index (χ3n) is 3.64. The van der Waals surface area contributed by atoms with Crippen molar-refractivity contribution in [2.45, 2.75) is 19.3 Å². The van der Waals surface area contributed by atoms with Crippen LogP contribution in [0.4, 0.5) is 5.69 Å². The highest BCUT2D eigenvalue weighted by atomic mass is 79.9. The van der Waals surface area contributed by atoms with E-state index in [2.05, 4.69) is 26.6 Å². The molecule has 0 aliphatic carbocycles. The van der Waals surface area contributed by atoms with Crippen LogP contribution in [0.5, 0.6) is 0 Å². The van der Waals surface area contributed by atoms with Crippen molar-refractivity contribution < 1.29 is 9.72 Å². The van der Waals surface area contributed by atoms with Gasteiger partial charge in [0.15, 0.2) is 0 Å². The van der Waals surface area contributed by atoms with E-state index in [9.17, 15) is 14.9 Å². The summed E-state index contributed by atoms with van der Waals surface area (Å²) in [6, 6.07) is 4.45. The molecule has 1 aliphatic rings. The Kier molecular flexibility index (Phi) is 7.78. The molecular formula is C14H19BrClN3O3. The number of hydrogen-bond acceptors (Lipinski definition) is 4. The number of nitrogens with zero attached hydrogens (tertiary/aromatic N) is 1. The van der Waals surface area contributed by atoms with Gasteiger partial charge in [0.1, 0.15) is 5.56 Å². The van der Waals surface area contributed by atoms with Gasteiger partial charge in [0, 0.05) is 17.1 Å². The molecule has 0 spiro atoms. The quantitative estimate of drug-likeness (QED) is 0.596. The largest absolute Gasteiger partial charge is 0.352 e. The van der Waals surface area contributed by atoms with Gasteiger partial charge in [-0.15, -0.1) is 12.4 Å². The second-order valence-electron chi connectivity index (χ2n) is 5.18. The second-order valence-corrected chi connectivity index (χ2v) is 6.09. The monoisotopic (exact) mass is 391 g/mol. The molecule has 8 heteroatoms. The molecule has 1 saturated heterocycles. The zero-order chi connectivity index (χ0) is 15.2. The maximum atomic E-state index is 12.1. The molecule has 0 aromatic heterocycles. The minimum absolute atomic E-state index is 0. The maximum Gasteiger partial charge on any atom is 0.283 e. The minimum Gasteiger partial charge on any atom is -0.352 e. The van der Waals surface area contributed by atoms with Gasteiger partial charge in [-0.1, -0.05) is 15.9 Å². The van der Waals surface area contributed by atoms with Gasteiger partial charge in [-0.3, -0.25) is 14.9 Å². The van der Waals surface area contributed by atoms with Gasteiger partial charge in [0.05, 0.1) is 4.92 Å². The van der Waals surface area contributed by atoms with Crippen molar-refractivity contribution in [3.8, 4) is 0 Å². The molecule has 2 N–H and O–H groups in total. The van der Waals surface area contributed by atoms with Crippen LogP contribution in [0.2, 0.25) is 0 Å². The van der Waals surface area contributed by atoms with E-state index in [0.717, 1.165) is 25.9 Å². The molecule has 0 saturated carbocycles. The first-order valence-corrected chi connectivity index (χ1v) is 7.80. The molecule has 1 aliphatic heterocycles. The molecule has 0 bridgehead atoms. The van der Waals surface area contributed by atoms with Crippen LogP contribution in [0.25, 0.3) is 0 Å². The number of nitrogens with one attached hydrogen (secondary N) is 2. The van der Waals surface area contributed by atoms with Crippen molar-refractivity contribution in [1.29, 1.82) is 0 Å². The molecule has 1 heterocycles. The summed E-state index contributed by atoms with van der Waals surface area (Å²) in [5, 5.41) is 17.1. The van der Waals surface area contributed by atoms with E-state index < -0.39 is 10.8 Å². The van der Waals surface area contributed by atoms with Crippen LogP contribution in [-0.4, -0.2) is 30.5 Å². The molecule has 1 unspecified atom stereocenters. The molecule has 1 aromatic carbocycles. The lowest BCUT2D eigenvalue weighted by Gasteiger charge is -2.22. The fourth-order valence-corrected chi connectivity index (χ4v) is 2.85. The van der Waals surface area contributed by atoms with E-state index in [1.54, 1.807) is 6.07 Å². The van der Waals surface area contributed by atoms with Gasteiger partial charge >= 0.3 is 0 Å². The Bertz CT molecular complexity index is 536. The molecule has 1 amide bonds. The van der Waals surface area contributed by atoms with E-state index in [0.29, 0.717) is 16.9 Å². The highest BCUT2D eigenvalue weighted by Gasteiger charge is 2.20. The van der Waals surface area contributed by atoms with E-state index in [-0.39, 0.29) is 23.7 Å². The summed E-state index contributed by atoms with van der Waals surface area (Å²) in [5.74, 6) is 0.178. The summed E-state index contributed by atoms with van der Waals surface area (Å²) in [5.41, 5.74) is -0.0776. The molecule has 1 atom stereocenters. The summed E-state index contributed by atoms with van der Waals surface area (Å²) >= 11 is 3.18. The summed E-state index contributed by atoms with van der Waals surface area (Å²) in [6.07, 6.45) is 3.22. The number of carbonyl (C=O) groups excluding carboxylic acids is 1. The van der Waals surface area contributed by atoms with Crippen molar-refractivity contribution in [1.82, 2.24) is 10.6 Å². The summed E-state index contributed by atoms with van der Waals surface area (Å²) < 4.78 is 0.582. The SMILES string of the molecule is Cl.O=C(NCCC1CCCNC1)c1ccc(Br)cc1[N+](=O)[O-]. The molecule has 1 aromatic rings. The summed E-state index contributed by atoms with van der Waals surface area (Å²) in [6.45, 7) is 2.58. The Hall–Kier alpha value is -1.18. The third-order valence-corrected chi connectivity index (χ3v) is 4.13. The van der Waals surface area contributed by atoms with E-state index in [1.807, 2.05) is 0 Å². The van der Waals surface area contributed by atoms with E-state index in [1.165, 1.54) is 18.6 Å². The van der Waals surface area contributed by atoms with Crippen LogP contribution < -0.4 is 10.6 Å². The van der Waals surface area contributed by atoms with Crippen LogP contribution in [0.1, 0.15) is 29.6 Å². The Morgan fingerprint density at radius 1 is 1.50 bits per heavy atom. The number of nitro groups is 1. The van der Waals surface area contributed by atoms with Crippen LogP contribution in [0, 0.1) is 16.0 Å². The van der Waals surface area contributed by atoms with Crippen LogP contribution in [-0.2, 0) is 0 Å². The minimum atomic E-state index is -0.537. The lowest BCUT2D eigenvalue weighted by Crippen LogP contribution is -2.33. The highest BCUT2D eigenvalue weighted by molar-refractivity contribution is 9.10. The van der Waals surface area contributed by atoms with Gasteiger partial charge in [0.2, 0.25) is 0 Å². The number of hydrogen-bond donors (Lipinski definition) is 2. The van der Waals surface area contributed by atoms with Crippen molar-refractivity contribution in [2.75, 3.05) is 19.6 Å². The van der Waals surface area contributed by atoms with Crippen molar-refractivity contribution in [3.63, 3.8) is 0 Å². The van der Waals surface area contributed by atoms with Crippen molar-refractivity contribution >= 4 is 39.9 Å². The van der Waals surface area contributed by atoms with E-state index >= 15 is 0 Å². The normalized spacial score (nSPS) is 17.4. The lowest BCUT2D eigenvalue weighted by atomic mass is 9.96. The predicted molar refractivity (Wildman–Crippen MR) is 90.6 cm³/mol. The zero-order valence-corrected chi connectivity index (χ0v) is 14.4. The number of benzene rings is 1. The Balaban J connectivity index is 0.00000242. The van der Waals surface area contributed by atoms with Crippen molar-refractivity contribution in [3.05, 3.63) is 38.3 Å². The van der Waals surface area contributed by atoms with Crippen LogP contribution >= 0.6 is 28.3 Å². The van der Waals surface area contributed by atoms with Crippen LogP contribution in [0.3, 0.4) is 0 Å². The van der Waals surface area contributed by atoms with Gasteiger partial charge in [-0.05, 0) is 50.4 Å². The Morgan fingerprint density at radius 2 is 2.27 bits per heavy atom. The fourth-order valence-electron chi connectivity index (χ4n) is 2.50. The average Bonchev–Trinajstić information content (AvgIpc) is 2.48. The summed E-state index contributed by atoms with van der Waals surface area (Å²) in [4.78, 5) is 22.5. The number of piperidine rings is 1. The second kappa shape index (κ2) is 9.07. The number of halogens is 2. The van der Waals surface area contributed by atoms with Gasteiger partial charge < -0.3 is 10.6 Å². The van der Waals surface area contributed by atoms with Crippen LogP contribution in [0.15, 0.2) is 22.7 Å². The fraction of sp³-hybridized carbons (Fsp3) is 0.500. The molecule has 0 radical (unpaired) electrons. The smallest absolute Gasteiger partial charge is 0.283 e. The van der Waals surface area contributed by atoms with E-state index in [4.69, 9.17) is 0 Å². The standard InChI is InChI=1S/C14H18BrN3O3.ClH/c15-11-3-4-12(13(8-11)18(20)21)14(19)17-7-5-10-2-1-6-16-9-10;/h3-4,8,10,16H,1-2,5-7,9H2,(H,17,19);1H. The average molecular weight is 393 g/mol. The molecular weight excluding hydrogens is 374 g/mol. The predicted octanol–water partition coefficient (Wildman–Crippen LogP) is 2.90. The molecule has 6 nitrogen and oxygen atoms in total. The van der Waals surface area contributed by atoms with Gasteiger partial charge in [-0.2, -0.15) is 0 Å². The number of rotatable bonds is 5. The first kappa shape index (κ1) is 18.9. The molecule has 1 fully saturated rings. The van der Waals surface area contributed by atoms with Gasteiger partial charge in [-0.25, -0.2) is 0 Å². The zero-order valence-electron chi connectivity index (χ0n) is 12.0. The summed E-state index contributed by atoms with van der Waals surface area (Å²) in [7, 11) is 0. The maximum absolute atomic E-state index is 12.1. The number of amides is 1. The topological polar surface area (TPSA) is 84.3 Å². The first-order valence-electron chi connectivity index (χ1n) is 7.01. The third kappa shape index (κ3) is 5.23. The molecule has 2 rings (SSSR count). The number of nitro benzene ring substituents is 1. The Morgan fingerprint density at radius 3 is 2.91 bits per heavy atom. The van der Waals surface area contributed by atoms with Gasteiger partial charge in [0.25, 0.3) is 11.6 Å². The highest BCUT2D eigenvalue weighted by Crippen LogP contribution is 2.23.